The average Bonchev–Trinajstić information content (AvgIpc) is 3.17. The predicted molar refractivity (Wildman–Crippen MR) is 103 cm³/mol. The highest BCUT2D eigenvalue weighted by Crippen LogP contribution is 2.27. The van der Waals surface area contributed by atoms with Crippen molar-refractivity contribution in [3.8, 4) is 5.75 Å². The summed E-state index contributed by atoms with van der Waals surface area (Å²) >= 11 is 0. The molecule has 1 atom stereocenters. The molecule has 2 amide bonds. The molecule has 0 bridgehead atoms. The Morgan fingerprint density at radius 3 is 2.70 bits per heavy atom. The first kappa shape index (κ1) is 19.2. The lowest BCUT2D eigenvalue weighted by atomic mass is 10.1. The smallest absolute Gasteiger partial charge is 0.320 e. The van der Waals surface area contributed by atoms with Crippen LogP contribution in [0.1, 0.15) is 23.7 Å². The summed E-state index contributed by atoms with van der Waals surface area (Å²) < 4.78 is 30.2. The lowest BCUT2D eigenvalue weighted by Crippen LogP contribution is -2.31. The van der Waals surface area contributed by atoms with Crippen molar-refractivity contribution in [3.63, 3.8) is 0 Å². The molecule has 146 valence electrons. The maximum Gasteiger partial charge on any atom is 0.320 e. The largest absolute Gasteiger partial charge is 0.497 e. The van der Waals surface area contributed by atoms with Crippen molar-refractivity contribution in [1.29, 1.82) is 0 Å². The number of amides is 2. The molecular formula is C18H24N4O4S. The van der Waals surface area contributed by atoms with Gasteiger partial charge in [0, 0.05) is 12.6 Å². The van der Waals surface area contributed by atoms with Crippen molar-refractivity contribution in [2.45, 2.75) is 25.8 Å². The van der Waals surface area contributed by atoms with E-state index in [9.17, 15) is 13.2 Å². The highest BCUT2D eigenvalue weighted by atomic mass is 32.2. The van der Waals surface area contributed by atoms with E-state index in [1.807, 2.05) is 31.2 Å². The second-order valence-corrected chi connectivity index (χ2v) is 8.88. The zero-order chi connectivity index (χ0) is 19.4. The zero-order valence-electron chi connectivity index (χ0n) is 15.4. The maximum atomic E-state index is 12.2. The number of anilines is 1. The number of methoxy groups -OCH3 is 1. The number of aryl methyl sites for hydroxylation is 1. The van der Waals surface area contributed by atoms with Crippen molar-refractivity contribution < 1.29 is 17.9 Å². The first-order chi connectivity index (χ1) is 12.9. The minimum Gasteiger partial charge on any atom is -0.497 e. The summed E-state index contributed by atoms with van der Waals surface area (Å²) in [6.07, 6.45) is 1.20. The number of aromatic nitrogens is 2. The van der Waals surface area contributed by atoms with Crippen LogP contribution >= 0.6 is 0 Å². The standard InChI is InChI=1S/C18H24N4O4S/c1-13-11-17(22(21-13)15-8-10-27(24,25)12-15)20-18(23)19-9-7-14-3-5-16(26-2)6-4-14/h3-6,11,15H,7-10,12H2,1-2H3,(H2,19,20,23). The molecule has 1 aromatic carbocycles. The zero-order valence-corrected chi connectivity index (χ0v) is 16.3. The third kappa shape index (κ3) is 5.00. The SMILES string of the molecule is COc1ccc(CCNC(=O)Nc2cc(C)nn2C2CCS(=O)(=O)C2)cc1. The van der Waals surface area contributed by atoms with Gasteiger partial charge in [0.05, 0.1) is 30.4 Å². The van der Waals surface area contributed by atoms with Crippen LogP contribution in [0.5, 0.6) is 5.75 Å². The highest BCUT2D eigenvalue weighted by Gasteiger charge is 2.31. The molecule has 2 aromatic rings. The third-order valence-corrected chi connectivity index (χ3v) is 6.26. The van der Waals surface area contributed by atoms with Gasteiger partial charge >= 0.3 is 6.03 Å². The van der Waals surface area contributed by atoms with E-state index in [4.69, 9.17) is 4.74 Å². The number of nitrogens with zero attached hydrogens (tertiary/aromatic N) is 2. The second-order valence-electron chi connectivity index (χ2n) is 6.65. The molecule has 1 aliphatic rings. The number of urea groups is 1. The van der Waals surface area contributed by atoms with E-state index in [-0.39, 0.29) is 23.6 Å². The Balaban J connectivity index is 1.55. The van der Waals surface area contributed by atoms with E-state index < -0.39 is 9.84 Å². The van der Waals surface area contributed by atoms with E-state index in [1.54, 1.807) is 17.9 Å². The van der Waals surface area contributed by atoms with Crippen molar-refractivity contribution in [1.82, 2.24) is 15.1 Å². The van der Waals surface area contributed by atoms with Gasteiger partial charge in [-0.25, -0.2) is 17.9 Å². The minimum atomic E-state index is -3.03. The van der Waals surface area contributed by atoms with Gasteiger partial charge in [0.1, 0.15) is 11.6 Å². The number of hydrogen-bond acceptors (Lipinski definition) is 5. The van der Waals surface area contributed by atoms with Crippen LogP contribution in [0.25, 0.3) is 0 Å². The Bertz CT molecular complexity index is 906. The number of hydrogen-bond donors (Lipinski definition) is 2. The van der Waals surface area contributed by atoms with Crippen LogP contribution < -0.4 is 15.4 Å². The maximum absolute atomic E-state index is 12.2. The summed E-state index contributed by atoms with van der Waals surface area (Å²) in [6.45, 7) is 2.29. The summed E-state index contributed by atoms with van der Waals surface area (Å²) in [6, 6.07) is 8.84. The van der Waals surface area contributed by atoms with Crippen LogP contribution in [0.4, 0.5) is 10.6 Å². The van der Waals surface area contributed by atoms with Gasteiger partial charge in [-0.3, -0.25) is 5.32 Å². The topological polar surface area (TPSA) is 102 Å². The van der Waals surface area contributed by atoms with Crippen LogP contribution in [0.3, 0.4) is 0 Å². The van der Waals surface area contributed by atoms with Gasteiger partial charge in [0.2, 0.25) is 0 Å². The van der Waals surface area contributed by atoms with E-state index in [0.717, 1.165) is 17.0 Å². The average molecular weight is 392 g/mol. The molecule has 3 rings (SSSR count). The fourth-order valence-electron chi connectivity index (χ4n) is 3.13. The van der Waals surface area contributed by atoms with E-state index >= 15 is 0 Å². The van der Waals surface area contributed by atoms with Gasteiger partial charge in [0.25, 0.3) is 0 Å². The van der Waals surface area contributed by atoms with Crippen molar-refractivity contribution in [3.05, 3.63) is 41.6 Å². The molecule has 9 heteroatoms. The van der Waals surface area contributed by atoms with E-state index in [0.29, 0.717) is 25.2 Å². The molecule has 1 aromatic heterocycles. The minimum absolute atomic E-state index is 0.0574. The van der Waals surface area contributed by atoms with Crippen LogP contribution in [0.2, 0.25) is 0 Å². The number of carbonyl (C=O) groups is 1. The Morgan fingerprint density at radius 2 is 2.07 bits per heavy atom. The number of carbonyl (C=O) groups excluding carboxylic acids is 1. The quantitative estimate of drug-likeness (QED) is 0.782. The van der Waals surface area contributed by atoms with Crippen LogP contribution in [0.15, 0.2) is 30.3 Å². The number of benzene rings is 1. The molecule has 1 saturated heterocycles. The summed E-state index contributed by atoms with van der Waals surface area (Å²) in [5.74, 6) is 1.52. The Labute approximate surface area is 158 Å². The molecule has 1 unspecified atom stereocenters. The fourth-order valence-corrected chi connectivity index (χ4v) is 4.82. The van der Waals surface area contributed by atoms with Crippen molar-refractivity contribution in [2.75, 3.05) is 30.5 Å². The summed E-state index contributed by atoms with van der Waals surface area (Å²) in [5, 5.41) is 9.94. The molecule has 1 aliphatic heterocycles. The highest BCUT2D eigenvalue weighted by molar-refractivity contribution is 7.91. The molecule has 1 fully saturated rings. The van der Waals surface area contributed by atoms with Gasteiger partial charge in [-0.05, 0) is 37.5 Å². The first-order valence-corrected chi connectivity index (χ1v) is 10.6. The van der Waals surface area contributed by atoms with Gasteiger partial charge in [0.15, 0.2) is 9.84 Å². The van der Waals surface area contributed by atoms with Gasteiger partial charge in [-0.15, -0.1) is 0 Å². The molecule has 27 heavy (non-hydrogen) atoms. The molecule has 0 aliphatic carbocycles. The lowest BCUT2D eigenvalue weighted by Gasteiger charge is -2.14. The second kappa shape index (κ2) is 7.99. The fraction of sp³-hybridized carbons (Fsp3) is 0.444. The van der Waals surface area contributed by atoms with Crippen molar-refractivity contribution >= 4 is 21.7 Å². The van der Waals surface area contributed by atoms with Crippen LogP contribution in [-0.2, 0) is 16.3 Å². The lowest BCUT2D eigenvalue weighted by molar-refractivity contribution is 0.252. The van der Waals surface area contributed by atoms with E-state index in [2.05, 4.69) is 15.7 Å². The molecule has 0 radical (unpaired) electrons. The summed E-state index contributed by atoms with van der Waals surface area (Å²) in [5.41, 5.74) is 1.82. The van der Waals surface area contributed by atoms with Gasteiger partial charge in [-0.1, -0.05) is 12.1 Å². The molecule has 8 nitrogen and oxygen atoms in total. The third-order valence-electron chi connectivity index (χ3n) is 4.51. The summed E-state index contributed by atoms with van der Waals surface area (Å²) in [7, 11) is -1.41. The molecule has 0 spiro atoms. The summed E-state index contributed by atoms with van der Waals surface area (Å²) in [4.78, 5) is 12.2. The molecule has 2 heterocycles. The number of ether oxygens (including phenoxy) is 1. The van der Waals surface area contributed by atoms with E-state index in [1.165, 1.54) is 0 Å². The molecular weight excluding hydrogens is 368 g/mol. The normalized spacial score (nSPS) is 18.2. The van der Waals surface area contributed by atoms with Crippen molar-refractivity contribution in [2.24, 2.45) is 0 Å². The first-order valence-electron chi connectivity index (χ1n) is 8.80. The number of sulfone groups is 1. The van der Waals surface area contributed by atoms with Gasteiger partial charge < -0.3 is 10.1 Å². The van der Waals surface area contributed by atoms with Crippen LogP contribution in [-0.4, -0.2) is 49.4 Å². The monoisotopic (exact) mass is 392 g/mol. The number of rotatable bonds is 6. The Morgan fingerprint density at radius 1 is 1.33 bits per heavy atom. The Hall–Kier alpha value is -2.55. The molecule has 0 saturated carbocycles. The predicted octanol–water partition coefficient (Wildman–Crippen LogP) is 1.92. The molecule has 2 N–H and O–H groups in total. The van der Waals surface area contributed by atoms with Gasteiger partial charge in [-0.2, -0.15) is 5.10 Å². The number of nitrogens with one attached hydrogen (secondary N) is 2. The van der Waals surface area contributed by atoms with Crippen LogP contribution in [0, 0.1) is 6.92 Å². The Kier molecular flexibility index (Phi) is 5.69.